The Kier molecular flexibility index (Phi) is 16.2. The van der Waals surface area contributed by atoms with Gasteiger partial charge in [0, 0.05) is 53.9 Å². The molecule has 0 radical (unpaired) electrons. The molecule has 2 aliphatic rings. The zero-order valence-electron chi connectivity index (χ0n) is 31.8. The topological polar surface area (TPSA) is 207 Å². The van der Waals surface area contributed by atoms with Gasteiger partial charge < -0.3 is 10.0 Å². The van der Waals surface area contributed by atoms with Crippen molar-refractivity contribution >= 4 is 53.4 Å². The number of fused-ring (bicyclic) bond motifs is 2. The quantitative estimate of drug-likeness (QED) is 0.0559. The maximum absolute atomic E-state index is 11.9. The Morgan fingerprint density at radius 2 is 1.31 bits per heavy atom. The first kappa shape index (κ1) is 47.1. The van der Waals surface area contributed by atoms with Crippen molar-refractivity contribution in [2.75, 3.05) is 23.7 Å². The summed E-state index contributed by atoms with van der Waals surface area (Å²) in [6, 6.07) is 9.01. The molecule has 0 unspecified atom stereocenters. The maximum Gasteiger partial charge on any atom is 1.00 e. The van der Waals surface area contributed by atoms with Gasteiger partial charge in [-0.2, -0.15) is 29.8 Å². The number of benzene rings is 2. The Morgan fingerprint density at radius 3 is 1.93 bits per heavy atom. The third kappa shape index (κ3) is 12.1. The Morgan fingerprint density at radius 1 is 0.727 bits per heavy atom. The van der Waals surface area contributed by atoms with Crippen LogP contribution in [0.3, 0.4) is 0 Å². The van der Waals surface area contributed by atoms with Crippen LogP contribution in [0.1, 0.15) is 83.8 Å². The average molecular weight is 845 g/mol. The maximum atomic E-state index is 11.9. The molecule has 2 heterocycles. The Bertz CT molecular complexity index is 2260. The number of allylic oxidation sites excluding steroid dienone is 8. The summed E-state index contributed by atoms with van der Waals surface area (Å²) in [6.07, 6.45) is 16.6. The number of aliphatic carboxylic acids is 1. The molecular formula is C38H49KN2O11S3+2. The largest absolute Gasteiger partial charge is 1.00 e. The second-order valence-electron chi connectivity index (χ2n) is 14.5. The zero-order chi connectivity index (χ0) is 40.1. The number of hydrogen-bond donors (Lipinski definition) is 4. The second-order valence-corrected chi connectivity index (χ2v) is 18.9. The van der Waals surface area contributed by atoms with Gasteiger partial charge in [0.25, 0.3) is 30.4 Å². The van der Waals surface area contributed by atoms with E-state index in [1.54, 1.807) is 12.1 Å². The van der Waals surface area contributed by atoms with Gasteiger partial charge in [-0.1, -0.05) is 50.6 Å². The number of carbonyl (C=O) groups is 1. The van der Waals surface area contributed by atoms with E-state index in [2.05, 4.69) is 4.58 Å². The summed E-state index contributed by atoms with van der Waals surface area (Å²) in [5.41, 5.74) is 3.54. The summed E-state index contributed by atoms with van der Waals surface area (Å²) in [6.45, 7) is 8.93. The van der Waals surface area contributed by atoms with E-state index in [0.29, 0.717) is 57.2 Å². The molecule has 0 atom stereocenters. The molecule has 0 saturated carbocycles. The average Bonchev–Trinajstić information content (AvgIpc) is 3.40. The van der Waals surface area contributed by atoms with Crippen molar-refractivity contribution in [3.05, 3.63) is 95.8 Å². The van der Waals surface area contributed by atoms with E-state index in [4.69, 9.17) is 9.66 Å². The number of anilines is 1. The number of rotatable bonds is 18. The van der Waals surface area contributed by atoms with Gasteiger partial charge in [-0.25, -0.2) is 0 Å². The minimum atomic E-state index is -4.43. The molecule has 0 fully saturated rings. The Balaban J connectivity index is 0.00000812. The molecule has 2 aromatic carbocycles. The summed E-state index contributed by atoms with van der Waals surface area (Å²) in [5.74, 6) is -1.17. The standard InChI is InChI=1S/C38H48N2O11S3.K/c1-37(2)30-26-28(53(46,47)48)19-21-32(30)39(23-13-8-12-18-36(41)42)34(37)16-10-6-5-7-11-17-35-38(3,4)31-27-29(54(49,50)51)20-22-33(31)40(35)24-14-9-15-25-52(43,44)45;/h5-7,10-11,16-17,19-22,26-27H,8-9,12-15,18,23-25H2,1-4H3,(H3-,41,42,43,44,45,46,47,48,49,50,51);/q;+1/p+1. The third-order valence-electron chi connectivity index (χ3n) is 9.83. The molecule has 0 aliphatic carbocycles. The number of carboxylic acid groups (broad SMARTS) is 1. The molecule has 0 spiro atoms. The Labute approximate surface area is 367 Å². The van der Waals surface area contributed by atoms with Crippen molar-refractivity contribution < 1.29 is 105 Å². The van der Waals surface area contributed by atoms with Crippen molar-refractivity contribution in [1.82, 2.24) is 0 Å². The van der Waals surface area contributed by atoms with Crippen molar-refractivity contribution in [3.8, 4) is 0 Å². The second kappa shape index (κ2) is 19.0. The van der Waals surface area contributed by atoms with Gasteiger partial charge in [0.15, 0.2) is 5.71 Å². The molecule has 294 valence electrons. The fourth-order valence-electron chi connectivity index (χ4n) is 7.05. The van der Waals surface area contributed by atoms with Crippen LogP contribution in [0, 0.1) is 0 Å². The van der Waals surface area contributed by atoms with Gasteiger partial charge in [0.05, 0.1) is 21.0 Å². The number of hydrogen-bond acceptors (Lipinski definition) is 8. The molecule has 13 nitrogen and oxygen atoms in total. The summed E-state index contributed by atoms with van der Waals surface area (Å²) >= 11 is 0. The number of unbranched alkanes of at least 4 members (excludes halogenated alkanes) is 4. The predicted molar refractivity (Wildman–Crippen MR) is 208 cm³/mol. The fraction of sp³-hybridized carbons (Fsp3) is 0.421. The molecule has 2 aliphatic heterocycles. The minimum absolute atomic E-state index is 0. The molecule has 0 bridgehead atoms. The molecule has 0 aromatic heterocycles. The van der Waals surface area contributed by atoms with E-state index >= 15 is 0 Å². The van der Waals surface area contributed by atoms with Crippen LogP contribution >= 0.6 is 0 Å². The molecule has 17 heteroatoms. The van der Waals surface area contributed by atoms with E-state index in [-0.39, 0.29) is 73.3 Å². The van der Waals surface area contributed by atoms with Gasteiger partial charge >= 0.3 is 57.4 Å². The van der Waals surface area contributed by atoms with Crippen molar-refractivity contribution in [2.45, 2.75) is 93.3 Å². The first-order chi connectivity index (χ1) is 25.0. The number of nitrogens with zero attached hydrogens (tertiary/aromatic N) is 2. The summed E-state index contributed by atoms with van der Waals surface area (Å²) in [4.78, 5) is 12.6. The molecule has 4 N–H and O–H groups in total. The summed E-state index contributed by atoms with van der Waals surface area (Å²) in [5, 5.41) is 9.00. The molecular weight excluding hydrogens is 796 g/mol. The van der Waals surface area contributed by atoms with Crippen LogP contribution in [0.15, 0.2) is 94.4 Å². The molecule has 0 amide bonds. The zero-order valence-corrected chi connectivity index (χ0v) is 37.4. The van der Waals surface area contributed by atoms with Crippen molar-refractivity contribution in [2.24, 2.45) is 0 Å². The van der Waals surface area contributed by atoms with E-state index in [0.717, 1.165) is 28.3 Å². The number of carboxylic acids is 1. The van der Waals surface area contributed by atoms with Gasteiger partial charge in [0.2, 0.25) is 5.69 Å². The predicted octanol–water partition coefficient (Wildman–Crippen LogP) is 3.61. The van der Waals surface area contributed by atoms with Gasteiger partial charge in [-0.15, -0.1) is 0 Å². The van der Waals surface area contributed by atoms with Gasteiger partial charge in [-0.3, -0.25) is 18.5 Å². The molecule has 4 rings (SSSR count). The van der Waals surface area contributed by atoms with Crippen molar-refractivity contribution in [1.29, 1.82) is 0 Å². The van der Waals surface area contributed by atoms with Gasteiger partial charge in [-0.05, 0) is 81.5 Å². The normalized spacial score (nSPS) is 17.4. The monoisotopic (exact) mass is 844 g/mol. The van der Waals surface area contributed by atoms with Crippen LogP contribution in [0.4, 0.5) is 11.4 Å². The van der Waals surface area contributed by atoms with Gasteiger partial charge in [0.1, 0.15) is 6.54 Å². The van der Waals surface area contributed by atoms with E-state index in [1.807, 2.05) is 75.1 Å². The van der Waals surface area contributed by atoms with Crippen LogP contribution in [-0.2, 0) is 46.0 Å². The van der Waals surface area contributed by atoms with E-state index in [1.165, 1.54) is 24.3 Å². The fourth-order valence-corrected chi connectivity index (χ4v) is 8.63. The van der Waals surface area contributed by atoms with E-state index < -0.39 is 47.2 Å². The van der Waals surface area contributed by atoms with Crippen LogP contribution in [0.5, 0.6) is 0 Å². The van der Waals surface area contributed by atoms with E-state index in [9.17, 15) is 39.2 Å². The smallest absolute Gasteiger partial charge is 0.481 e. The Hall–Kier alpha value is -2.29. The van der Waals surface area contributed by atoms with Crippen LogP contribution in [0.25, 0.3) is 0 Å². The molecule has 0 saturated heterocycles. The van der Waals surface area contributed by atoms with Crippen LogP contribution in [0.2, 0.25) is 0 Å². The molecule has 55 heavy (non-hydrogen) atoms. The van der Waals surface area contributed by atoms with Crippen molar-refractivity contribution in [3.63, 3.8) is 0 Å². The van der Waals surface area contributed by atoms with Crippen LogP contribution in [-0.4, -0.2) is 79.1 Å². The third-order valence-corrected chi connectivity index (χ3v) is 12.3. The molecule has 2 aromatic rings. The first-order valence-corrected chi connectivity index (χ1v) is 22.1. The summed E-state index contributed by atoms with van der Waals surface area (Å²) in [7, 11) is -12.9. The first-order valence-electron chi connectivity index (χ1n) is 17.6. The minimum Gasteiger partial charge on any atom is -0.481 e. The van der Waals surface area contributed by atoms with Crippen LogP contribution < -0.4 is 56.3 Å². The summed E-state index contributed by atoms with van der Waals surface area (Å²) < 4.78 is 101. The SMILES string of the molecule is CC1(C)C(/C=C/C=C/C=C/C=C2/N(CCCCCS(=O)(=O)O)c3ccc(S(=O)(=O)O)cc3C2(C)C)=[N+](CCCCCC(=O)O)c2ccc(S(=O)(=O)O)cc21.[K+].